The van der Waals surface area contributed by atoms with Gasteiger partial charge in [0.2, 0.25) is 0 Å². The zero-order chi connectivity index (χ0) is 31.6. The molecule has 0 unspecified atom stereocenters. The molecule has 0 atom stereocenters. The molecule has 0 saturated carbocycles. The molecule has 0 aliphatic heterocycles. The van der Waals surface area contributed by atoms with Crippen LogP contribution in [0.3, 0.4) is 0 Å². The average molecular weight is 727 g/mol. The Morgan fingerprint density at radius 3 is 1.70 bits per heavy atom. The van der Waals surface area contributed by atoms with Crippen molar-refractivity contribution in [1.29, 1.82) is 0 Å². The summed E-state index contributed by atoms with van der Waals surface area (Å²) in [7, 11) is 0. The molecule has 3 heteroatoms. The molecule has 0 saturated heterocycles. The van der Waals surface area contributed by atoms with Gasteiger partial charge in [-0.15, -0.1) is 12.0 Å². The molecule has 4 aromatic rings. The van der Waals surface area contributed by atoms with E-state index >= 15 is 0 Å². The maximum absolute atomic E-state index is 3.53. The first kappa shape index (κ1) is 39.9. The van der Waals surface area contributed by atoms with Crippen LogP contribution in [0.5, 0.6) is 0 Å². The molecule has 0 amide bonds. The van der Waals surface area contributed by atoms with Gasteiger partial charge >= 0.3 is 125 Å². The minimum absolute atomic E-state index is 0. The van der Waals surface area contributed by atoms with Crippen LogP contribution in [-0.4, -0.2) is 3.21 Å². The topological polar surface area (TPSA) is 0 Å². The standard InChI is InChI=1S/C21H25.C17H18.C5H5.2ClH.Zr/c1-20(2,3)16-9-7-14-11-15-8-10-17(21(4,5)6)13-19(15)18(14)12-16;1-4-10-16(11-5-1)14-8-3-9-15-17-12-6-2-7-13-17;1-2-4-5-3-1;;;/h7,9-10,12-13H,11H2,1-6H3;1-2,4-7,10-13H,8-9,14-15H2;1-3H,4H2;2*1H;/q-1;;-1;;;+2/p-2. The number of fused-ring (bicyclic) bond motifs is 3. The summed E-state index contributed by atoms with van der Waals surface area (Å²) >= 11 is 1.60. The predicted molar refractivity (Wildman–Crippen MR) is 187 cm³/mol. The maximum atomic E-state index is 3.53. The number of halogens is 2. The number of hydrogen-bond acceptors (Lipinski definition) is 0. The number of aryl methyl sites for hydroxylation is 2. The molecule has 0 N–H and O–H groups in total. The van der Waals surface area contributed by atoms with Crippen molar-refractivity contribution in [2.45, 2.75) is 90.9 Å². The van der Waals surface area contributed by atoms with Crippen molar-refractivity contribution >= 4 is 3.21 Å². The van der Waals surface area contributed by atoms with Gasteiger partial charge in [0, 0.05) is 0 Å². The van der Waals surface area contributed by atoms with E-state index in [2.05, 4.69) is 151 Å². The third-order valence-electron chi connectivity index (χ3n) is 8.23. The molecule has 0 spiro atoms. The van der Waals surface area contributed by atoms with Crippen LogP contribution < -0.4 is 24.8 Å². The summed E-state index contributed by atoms with van der Waals surface area (Å²) < 4.78 is 1.69. The van der Waals surface area contributed by atoms with E-state index in [1.165, 1.54) is 70.2 Å². The zero-order valence-corrected chi connectivity index (χ0v) is 32.4. The monoisotopic (exact) mass is 724 g/mol. The molecule has 0 radical (unpaired) electrons. The first-order valence-electron chi connectivity index (χ1n) is 16.1. The van der Waals surface area contributed by atoms with Crippen molar-refractivity contribution < 1.29 is 49.0 Å². The van der Waals surface area contributed by atoms with E-state index in [9.17, 15) is 0 Å². The molecule has 0 aromatic heterocycles. The van der Waals surface area contributed by atoms with Crippen molar-refractivity contribution in [3.63, 3.8) is 0 Å². The molecule has 2 aliphatic carbocycles. The van der Waals surface area contributed by atoms with Crippen LogP contribution in [0.25, 0.3) is 11.1 Å². The number of benzene rings is 4. The molecule has 6 rings (SSSR count). The Labute approximate surface area is 307 Å². The van der Waals surface area contributed by atoms with Crippen LogP contribution in [0.15, 0.2) is 109 Å². The van der Waals surface area contributed by atoms with Gasteiger partial charge in [0.15, 0.2) is 0 Å². The molecule has 46 heavy (non-hydrogen) atoms. The molecule has 2 aliphatic rings. The van der Waals surface area contributed by atoms with Crippen LogP contribution in [0, 0.1) is 12.1 Å². The molecule has 0 fully saturated rings. The Balaban J connectivity index is 0.000000270. The van der Waals surface area contributed by atoms with Crippen molar-refractivity contribution in [2.24, 2.45) is 0 Å². The molecule has 0 bridgehead atoms. The van der Waals surface area contributed by atoms with Gasteiger partial charge in [-0.3, -0.25) is 6.08 Å². The Morgan fingerprint density at radius 2 is 1.24 bits per heavy atom. The summed E-state index contributed by atoms with van der Waals surface area (Å²) in [4.78, 5) is 0. The second-order valence-corrected chi connectivity index (χ2v) is 15.6. The zero-order valence-electron chi connectivity index (χ0n) is 28.4. The molecule has 0 nitrogen and oxygen atoms in total. The van der Waals surface area contributed by atoms with E-state index in [0.29, 0.717) is 0 Å². The van der Waals surface area contributed by atoms with Crippen LogP contribution in [0.1, 0.15) is 94.2 Å². The van der Waals surface area contributed by atoms with E-state index in [0.717, 1.165) is 12.8 Å². The van der Waals surface area contributed by atoms with Gasteiger partial charge in [-0.05, 0) is 17.4 Å². The van der Waals surface area contributed by atoms with Crippen molar-refractivity contribution in [1.82, 2.24) is 0 Å². The van der Waals surface area contributed by atoms with Crippen molar-refractivity contribution in [3.05, 3.63) is 155 Å². The Bertz CT molecular complexity index is 1450. The average Bonchev–Trinajstić information content (AvgIpc) is 3.71. The van der Waals surface area contributed by atoms with Gasteiger partial charge in [0.25, 0.3) is 0 Å². The van der Waals surface area contributed by atoms with Crippen molar-refractivity contribution in [3.8, 4) is 11.1 Å². The first-order chi connectivity index (χ1) is 21.0. The summed E-state index contributed by atoms with van der Waals surface area (Å²) in [6, 6.07) is 36.6. The fraction of sp³-hybridized carbons (Fsp3) is 0.326. The van der Waals surface area contributed by atoms with E-state index in [1.807, 2.05) is 12.2 Å². The van der Waals surface area contributed by atoms with Gasteiger partial charge in [-0.2, -0.15) is 35.4 Å². The quantitative estimate of drug-likeness (QED) is 0.218. The van der Waals surface area contributed by atoms with E-state index in [-0.39, 0.29) is 35.6 Å². The SMILES string of the molecule is CC(C)(C)c1c[c-]c2c(c1)-c1cc(C(C)(C)C)ccc1C2.[C-]1=CC=CC1.[Cl-].[Cl-].[Zr+2]=[C](CCc1ccccc1)CCc1ccccc1. The molecule has 4 aromatic carbocycles. The second kappa shape index (κ2) is 18.9. The summed E-state index contributed by atoms with van der Waals surface area (Å²) in [6.07, 6.45) is 15.9. The van der Waals surface area contributed by atoms with Crippen LogP contribution in [-0.2, 0) is 54.3 Å². The van der Waals surface area contributed by atoms with Crippen molar-refractivity contribution in [2.75, 3.05) is 0 Å². The summed E-state index contributed by atoms with van der Waals surface area (Å²) in [5, 5.41) is 0. The molecular weight excluding hydrogens is 679 g/mol. The second-order valence-electron chi connectivity index (χ2n) is 13.9. The Hall–Kier alpha value is -2.31. The third-order valence-corrected chi connectivity index (χ3v) is 9.46. The van der Waals surface area contributed by atoms with Gasteiger partial charge in [-0.25, -0.2) is 12.2 Å². The summed E-state index contributed by atoms with van der Waals surface area (Å²) in [5.74, 6) is 0. The third kappa shape index (κ3) is 12.4. The predicted octanol–water partition coefficient (Wildman–Crippen LogP) is 4.94. The fourth-order valence-electron chi connectivity index (χ4n) is 5.33. The van der Waals surface area contributed by atoms with Gasteiger partial charge in [-0.1, -0.05) is 76.3 Å². The number of allylic oxidation sites excluding steroid dienone is 4. The molecular formula is C43H48Cl2Zr-2. The van der Waals surface area contributed by atoms with E-state index < -0.39 is 0 Å². The van der Waals surface area contributed by atoms with Crippen LogP contribution >= 0.6 is 0 Å². The molecule has 240 valence electrons. The Morgan fingerprint density at radius 1 is 0.696 bits per heavy atom. The van der Waals surface area contributed by atoms with Crippen LogP contribution in [0.2, 0.25) is 0 Å². The number of rotatable bonds is 6. The summed E-state index contributed by atoms with van der Waals surface area (Å²) in [6.45, 7) is 13.6. The van der Waals surface area contributed by atoms with E-state index in [4.69, 9.17) is 0 Å². The Kier molecular flexibility index (Phi) is 16.4. The first-order valence-corrected chi connectivity index (χ1v) is 17.3. The molecule has 0 heterocycles. The van der Waals surface area contributed by atoms with Gasteiger partial charge in [0.1, 0.15) is 0 Å². The van der Waals surface area contributed by atoms with Gasteiger partial charge < -0.3 is 24.8 Å². The van der Waals surface area contributed by atoms with Gasteiger partial charge in [0.05, 0.1) is 0 Å². The minimum atomic E-state index is 0. The normalized spacial score (nSPS) is 12.3. The number of hydrogen-bond donors (Lipinski definition) is 0. The van der Waals surface area contributed by atoms with Crippen LogP contribution in [0.4, 0.5) is 0 Å². The summed E-state index contributed by atoms with van der Waals surface area (Å²) in [5.41, 5.74) is 11.7. The fourth-order valence-corrected chi connectivity index (χ4v) is 5.94. The van der Waals surface area contributed by atoms with E-state index in [1.54, 1.807) is 27.4 Å².